The van der Waals surface area contributed by atoms with Gasteiger partial charge in [-0.2, -0.15) is 0 Å². The molecule has 0 aromatic heterocycles. The van der Waals surface area contributed by atoms with Crippen LogP contribution in [0.3, 0.4) is 0 Å². The predicted octanol–water partition coefficient (Wildman–Crippen LogP) is 2.74. The number of rotatable bonds is 2. The fourth-order valence-corrected chi connectivity index (χ4v) is 3.22. The van der Waals surface area contributed by atoms with Gasteiger partial charge in [-0.3, -0.25) is 4.79 Å². The van der Waals surface area contributed by atoms with E-state index in [-0.39, 0.29) is 11.4 Å². The minimum Gasteiger partial charge on any atom is -0.465 e. The molecule has 2 fully saturated rings. The summed E-state index contributed by atoms with van der Waals surface area (Å²) in [5, 5.41) is 0. The van der Waals surface area contributed by atoms with Gasteiger partial charge in [-0.05, 0) is 24.8 Å². The summed E-state index contributed by atoms with van der Waals surface area (Å²) >= 11 is 0. The molecule has 0 amide bonds. The summed E-state index contributed by atoms with van der Waals surface area (Å²) in [6.07, 6.45) is 2.53. The lowest BCUT2D eigenvalue weighted by Crippen LogP contribution is -2.31. The first-order valence-corrected chi connectivity index (χ1v) is 6.08. The fourth-order valence-electron chi connectivity index (χ4n) is 3.22. The van der Waals surface area contributed by atoms with Gasteiger partial charge in [0.15, 0.2) is 0 Å². The average molecular weight is 228 g/mol. The van der Waals surface area contributed by atoms with E-state index in [1.807, 2.05) is 18.2 Å². The Hall–Kier alpha value is -1.57. The first-order chi connectivity index (χ1) is 8.21. The van der Waals surface area contributed by atoms with E-state index < -0.39 is 0 Å². The van der Waals surface area contributed by atoms with Crippen molar-refractivity contribution in [2.24, 2.45) is 11.3 Å². The zero-order chi connectivity index (χ0) is 11.9. The summed E-state index contributed by atoms with van der Waals surface area (Å²) < 4.78 is 5.26. The molecule has 0 bridgehead atoms. The number of ether oxygens (including phenoxy) is 1. The standard InChI is InChI=1S/C15H16O2/c1-11-7-13-10-17-14(16)15(13,8-11)9-12-5-3-2-4-6-12/h2-6,13H,1,7-10H2. The molecule has 2 aliphatic rings. The second-order valence-electron chi connectivity index (χ2n) is 5.24. The summed E-state index contributed by atoms with van der Waals surface area (Å²) in [5.74, 6) is 0.313. The van der Waals surface area contributed by atoms with Crippen LogP contribution in [0.4, 0.5) is 0 Å². The Bertz CT molecular complexity index is 463. The summed E-state index contributed by atoms with van der Waals surface area (Å²) in [5.41, 5.74) is 2.09. The maximum Gasteiger partial charge on any atom is 0.313 e. The van der Waals surface area contributed by atoms with Crippen LogP contribution in [-0.4, -0.2) is 12.6 Å². The predicted molar refractivity (Wildman–Crippen MR) is 65.4 cm³/mol. The van der Waals surface area contributed by atoms with Crippen molar-refractivity contribution in [1.29, 1.82) is 0 Å². The van der Waals surface area contributed by atoms with Gasteiger partial charge in [0.2, 0.25) is 0 Å². The molecule has 1 heterocycles. The molecule has 1 saturated carbocycles. The Morgan fingerprint density at radius 1 is 1.35 bits per heavy atom. The number of hydrogen-bond acceptors (Lipinski definition) is 2. The van der Waals surface area contributed by atoms with Crippen LogP contribution >= 0.6 is 0 Å². The molecule has 2 heteroatoms. The zero-order valence-electron chi connectivity index (χ0n) is 9.82. The topological polar surface area (TPSA) is 26.3 Å². The van der Waals surface area contributed by atoms with E-state index in [4.69, 9.17) is 4.74 Å². The normalized spacial score (nSPS) is 31.4. The number of carbonyl (C=O) groups excluding carboxylic acids is 1. The molecule has 1 aromatic carbocycles. The lowest BCUT2D eigenvalue weighted by Gasteiger charge is -2.23. The van der Waals surface area contributed by atoms with Crippen LogP contribution in [0.15, 0.2) is 42.5 Å². The number of hydrogen-bond donors (Lipinski definition) is 0. The van der Waals surface area contributed by atoms with Gasteiger partial charge in [0, 0.05) is 5.92 Å². The van der Waals surface area contributed by atoms with Crippen molar-refractivity contribution in [3.8, 4) is 0 Å². The molecule has 2 nitrogen and oxygen atoms in total. The third-order valence-corrected chi connectivity index (χ3v) is 4.07. The maximum atomic E-state index is 12.1. The molecule has 0 N–H and O–H groups in total. The number of allylic oxidation sites excluding steroid dienone is 1. The highest BCUT2D eigenvalue weighted by Gasteiger charge is 2.55. The van der Waals surface area contributed by atoms with Crippen LogP contribution in [0.5, 0.6) is 0 Å². The number of fused-ring (bicyclic) bond motifs is 1. The lowest BCUT2D eigenvalue weighted by molar-refractivity contribution is -0.146. The van der Waals surface area contributed by atoms with E-state index in [9.17, 15) is 4.79 Å². The Balaban J connectivity index is 1.93. The van der Waals surface area contributed by atoms with Gasteiger partial charge in [-0.15, -0.1) is 0 Å². The number of cyclic esters (lactones) is 1. The molecule has 1 saturated heterocycles. The molecule has 2 atom stereocenters. The zero-order valence-corrected chi connectivity index (χ0v) is 9.82. The Morgan fingerprint density at radius 3 is 2.88 bits per heavy atom. The van der Waals surface area contributed by atoms with E-state index >= 15 is 0 Å². The number of carbonyl (C=O) groups is 1. The average Bonchev–Trinajstić information content (AvgIpc) is 2.77. The van der Waals surface area contributed by atoms with Crippen LogP contribution in [0.2, 0.25) is 0 Å². The van der Waals surface area contributed by atoms with Gasteiger partial charge in [0.05, 0.1) is 12.0 Å². The molecule has 0 radical (unpaired) electrons. The molecule has 3 rings (SSSR count). The minimum absolute atomic E-state index is 0.0231. The Morgan fingerprint density at radius 2 is 2.12 bits per heavy atom. The van der Waals surface area contributed by atoms with Crippen LogP contribution in [0.25, 0.3) is 0 Å². The molecule has 88 valence electrons. The van der Waals surface area contributed by atoms with Gasteiger partial charge in [0.1, 0.15) is 0 Å². The molecule has 0 spiro atoms. The molecule has 1 aliphatic carbocycles. The molecular formula is C15H16O2. The molecule has 17 heavy (non-hydrogen) atoms. The maximum absolute atomic E-state index is 12.1. The van der Waals surface area contributed by atoms with Crippen molar-refractivity contribution in [1.82, 2.24) is 0 Å². The quantitative estimate of drug-likeness (QED) is 0.574. The third-order valence-electron chi connectivity index (χ3n) is 4.07. The smallest absolute Gasteiger partial charge is 0.313 e. The summed E-state index contributed by atoms with van der Waals surface area (Å²) in [6.45, 7) is 4.62. The van der Waals surface area contributed by atoms with Gasteiger partial charge in [-0.1, -0.05) is 42.5 Å². The van der Waals surface area contributed by atoms with Gasteiger partial charge >= 0.3 is 5.97 Å². The van der Waals surface area contributed by atoms with Gasteiger partial charge < -0.3 is 4.74 Å². The first-order valence-electron chi connectivity index (χ1n) is 6.08. The highest BCUT2D eigenvalue weighted by atomic mass is 16.5. The summed E-state index contributed by atoms with van der Waals surface area (Å²) in [7, 11) is 0. The number of benzene rings is 1. The largest absolute Gasteiger partial charge is 0.465 e. The summed E-state index contributed by atoms with van der Waals surface area (Å²) in [6, 6.07) is 10.2. The van der Waals surface area contributed by atoms with Gasteiger partial charge in [0.25, 0.3) is 0 Å². The first kappa shape index (κ1) is 10.6. The van der Waals surface area contributed by atoms with Crippen LogP contribution < -0.4 is 0 Å². The van der Waals surface area contributed by atoms with E-state index in [2.05, 4.69) is 18.7 Å². The van der Waals surface area contributed by atoms with E-state index in [0.29, 0.717) is 12.5 Å². The third kappa shape index (κ3) is 1.59. The molecule has 1 aliphatic heterocycles. The SMILES string of the molecule is C=C1CC2COC(=O)C2(Cc2ccccc2)C1. The van der Waals surface area contributed by atoms with Crippen LogP contribution in [0, 0.1) is 11.3 Å². The van der Waals surface area contributed by atoms with E-state index in [1.165, 1.54) is 11.1 Å². The highest BCUT2D eigenvalue weighted by Crippen LogP contribution is 2.52. The minimum atomic E-state index is -0.321. The Labute approximate surface area is 101 Å². The highest BCUT2D eigenvalue weighted by molar-refractivity contribution is 5.81. The second kappa shape index (κ2) is 3.73. The van der Waals surface area contributed by atoms with Gasteiger partial charge in [-0.25, -0.2) is 0 Å². The van der Waals surface area contributed by atoms with Crippen LogP contribution in [0.1, 0.15) is 18.4 Å². The van der Waals surface area contributed by atoms with Crippen molar-refractivity contribution in [2.75, 3.05) is 6.61 Å². The second-order valence-corrected chi connectivity index (χ2v) is 5.24. The van der Waals surface area contributed by atoms with E-state index in [0.717, 1.165) is 19.3 Å². The van der Waals surface area contributed by atoms with E-state index in [1.54, 1.807) is 0 Å². The number of esters is 1. The monoisotopic (exact) mass is 228 g/mol. The molecule has 2 unspecified atom stereocenters. The molecular weight excluding hydrogens is 212 g/mol. The summed E-state index contributed by atoms with van der Waals surface area (Å²) in [4.78, 5) is 12.1. The fraction of sp³-hybridized carbons (Fsp3) is 0.400. The lowest BCUT2D eigenvalue weighted by atomic mass is 9.75. The van der Waals surface area contributed by atoms with Crippen molar-refractivity contribution in [3.05, 3.63) is 48.0 Å². The van der Waals surface area contributed by atoms with Crippen molar-refractivity contribution in [3.63, 3.8) is 0 Å². The van der Waals surface area contributed by atoms with Crippen LogP contribution in [-0.2, 0) is 16.0 Å². The van der Waals surface area contributed by atoms with Crippen molar-refractivity contribution in [2.45, 2.75) is 19.3 Å². The van der Waals surface area contributed by atoms with Crippen molar-refractivity contribution >= 4 is 5.97 Å². The Kier molecular flexibility index (Phi) is 2.32. The molecule has 1 aromatic rings. The van der Waals surface area contributed by atoms with Crippen molar-refractivity contribution < 1.29 is 9.53 Å².